The first-order chi connectivity index (χ1) is 19.0. The third-order valence-corrected chi connectivity index (χ3v) is 7.49. The second-order valence-electron chi connectivity index (χ2n) is 11.5. The summed E-state index contributed by atoms with van der Waals surface area (Å²) in [5.74, 6) is -2.51. The normalized spacial score (nSPS) is 24.7. The molecule has 2 aromatic rings. The van der Waals surface area contributed by atoms with Gasteiger partial charge in [-0.05, 0) is 30.0 Å². The summed E-state index contributed by atoms with van der Waals surface area (Å²) in [7, 11) is 0. The molecule has 3 aliphatic rings. The Morgan fingerprint density at radius 3 is 2.12 bits per heavy atom. The first-order valence-corrected chi connectivity index (χ1v) is 13.4. The van der Waals surface area contributed by atoms with Crippen LogP contribution in [0.1, 0.15) is 72.9 Å². The highest BCUT2D eigenvalue weighted by Crippen LogP contribution is 2.38. The number of carbonyl (C=O) groups excluding carboxylic acids is 5. The number of esters is 1. The van der Waals surface area contributed by atoms with Crippen LogP contribution in [0, 0.1) is 11.3 Å². The summed E-state index contributed by atoms with van der Waals surface area (Å²) in [6.07, 6.45) is -2.87. The highest BCUT2D eigenvalue weighted by atomic mass is 16.7. The average Bonchev–Trinajstić information content (AvgIpc) is 3.33. The maximum Gasteiger partial charge on any atom is 0.419 e. The van der Waals surface area contributed by atoms with Crippen molar-refractivity contribution >= 4 is 29.8 Å². The highest BCUT2D eigenvalue weighted by molar-refractivity contribution is 6.23. The molecule has 10 nitrogen and oxygen atoms in total. The number of imide groups is 2. The minimum atomic E-state index is -1.23. The zero-order valence-corrected chi connectivity index (χ0v) is 22.9. The van der Waals surface area contributed by atoms with E-state index < -0.39 is 59.7 Å². The van der Waals surface area contributed by atoms with Crippen LogP contribution in [0.15, 0.2) is 54.6 Å². The smallest absolute Gasteiger partial charge is 0.419 e. The van der Waals surface area contributed by atoms with Crippen LogP contribution in [-0.4, -0.2) is 64.6 Å². The lowest BCUT2D eigenvalue weighted by atomic mass is 9.89. The largest absolute Gasteiger partial charge is 0.463 e. The Balaban J connectivity index is 1.48. The molecule has 2 saturated heterocycles. The number of amides is 4. The van der Waals surface area contributed by atoms with Crippen LogP contribution in [0.4, 0.5) is 4.79 Å². The molecule has 5 rings (SSSR count). The molecule has 2 aromatic carbocycles. The summed E-state index contributed by atoms with van der Waals surface area (Å²) in [6.45, 7) is 7.54. The molecule has 0 bridgehead atoms. The van der Waals surface area contributed by atoms with Gasteiger partial charge in [-0.15, -0.1) is 0 Å². The van der Waals surface area contributed by atoms with Crippen molar-refractivity contribution in [2.75, 3.05) is 6.61 Å². The summed E-state index contributed by atoms with van der Waals surface area (Å²) < 4.78 is 16.7. The SMILES string of the molecule is CC(C)C[C@H](C(=O)N1C(=O)O[C@@H](O[C@H]2C(=O)OCC2(C)C)C[C@@H]1c1ccccc1)N1C(=O)c2ccccc2C1=O. The maximum absolute atomic E-state index is 14.2. The molecule has 3 aliphatic heterocycles. The second kappa shape index (κ2) is 10.5. The number of nitrogens with zero attached hydrogens (tertiary/aromatic N) is 2. The van der Waals surface area contributed by atoms with E-state index in [2.05, 4.69) is 0 Å². The monoisotopic (exact) mass is 548 g/mol. The molecular weight excluding hydrogens is 516 g/mol. The van der Waals surface area contributed by atoms with E-state index in [1.165, 1.54) is 0 Å². The van der Waals surface area contributed by atoms with Gasteiger partial charge in [0.15, 0.2) is 6.10 Å². The van der Waals surface area contributed by atoms with Gasteiger partial charge in [0.05, 0.1) is 23.8 Å². The fourth-order valence-electron chi connectivity index (χ4n) is 5.45. The number of ether oxygens (including phenoxy) is 3. The van der Waals surface area contributed by atoms with Crippen molar-refractivity contribution in [1.82, 2.24) is 9.80 Å². The third kappa shape index (κ3) is 4.88. The Bertz CT molecular complexity index is 1320. The molecule has 0 unspecified atom stereocenters. The van der Waals surface area contributed by atoms with Crippen LogP contribution >= 0.6 is 0 Å². The first-order valence-electron chi connectivity index (χ1n) is 13.4. The molecule has 0 aromatic heterocycles. The zero-order chi connectivity index (χ0) is 28.8. The van der Waals surface area contributed by atoms with Crippen LogP contribution in [0.2, 0.25) is 0 Å². The Hall–Kier alpha value is -4.05. The summed E-state index contributed by atoms with van der Waals surface area (Å²) in [5.41, 5.74) is 0.441. The number of hydrogen-bond donors (Lipinski definition) is 0. The van der Waals surface area contributed by atoms with Gasteiger partial charge in [0.2, 0.25) is 6.29 Å². The first kappa shape index (κ1) is 27.5. The fourth-order valence-corrected chi connectivity index (χ4v) is 5.45. The topological polar surface area (TPSA) is 120 Å². The van der Waals surface area contributed by atoms with Crippen LogP contribution in [-0.2, 0) is 23.8 Å². The van der Waals surface area contributed by atoms with Crippen molar-refractivity contribution in [3.8, 4) is 0 Å². The Kier molecular flexibility index (Phi) is 7.22. The van der Waals surface area contributed by atoms with Crippen molar-refractivity contribution < 1.29 is 38.2 Å². The van der Waals surface area contributed by atoms with Gasteiger partial charge in [0, 0.05) is 11.8 Å². The lowest BCUT2D eigenvalue weighted by molar-refractivity contribution is -0.196. The number of cyclic esters (lactones) is 2. The van der Waals surface area contributed by atoms with E-state index in [0.717, 1.165) is 9.80 Å². The molecule has 0 radical (unpaired) electrons. The Morgan fingerprint density at radius 1 is 0.975 bits per heavy atom. The molecule has 40 heavy (non-hydrogen) atoms. The molecule has 210 valence electrons. The van der Waals surface area contributed by atoms with Gasteiger partial charge in [0.1, 0.15) is 6.04 Å². The lowest BCUT2D eigenvalue weighted by Gasteiger charge is -2.41. The van der Waals surface area contributed by atoms with E-state index in [0.29, 0.717) is 5.56 Å². The van der Waals surface area contributed by atoms with Gasteiger partial charge in [-0.2, -0.15) is 0 Å². The molecule has 0 spiro atoms. The minimum absolute atomic E-state index is 0.0396. The quantitative estimate of drug-likeness (QED) is 0.375. The average molecular weight is 549 g/mol. The Labute approximate surface area is 232 Å². The number of benzene rings is 2. The molecule has 3 heterocycles. The van der Waals surface area contributed by atoms with Gasteiger partial charge in [0.25, 0.3) is 17.7 Å². The standard InChI is InChI=1S/C30H32N2O8/c1-17(2)14-22(31-25(33)19-12-8-9-13-20(19)26(31)34)27(35)32-21(18-10-6-5-7-11-18)15-23(40-29(32)37)39-24-28(36)38-16-30(24,3)4/h5-13,17,21-24H,14-16H2,1-4H3/t21-,22-,23-,24+/m1/s1. The van der Waals surface area contributed by atoms with Gasteiger partial charge >= 0.3 is 12.1 Å². The minimum Gasteiger partial charge on any atom is -0.463 e. The Morgan fingerprint density at radius 2 is 1.57 bits per heavy atom. The van der Waals surface area contributed by atoms with Crippen LogP contribution < -0.4 is 0 Å². The summed E-state index contributed by atoms with van der Waals surface area (Å²) in [5, 5.41) is 0. The molecule has 0 N–H and O–H groups in total. The zero-order valence-electron chi connectivity index (χ0n) is 22.9. The number of carbonyl (C=O) groups is 5. The third-order valence-electron chi connectivity index (χ3n) is 7.49. The van der Waals surface area contributed by atoms with Crippen LogP contribution in [0.5, 0.6) is 0 Å². The number of fused-ring (bicyclic) bond motifs is 1. The lowest BCUT2D eigenvalue weighted by Crippen LogP contribution is -2.57. The summed E-state index contributed by atoms with van der Waals surface area (Å²) in [6, 6.07) is 13.3. The van der Waals surface area contributed by atoms with E-state index in [4.69, 9.17) is 14.2 Å². The van der Waals surface area contributed by atoms with Gasteiger partial charge in [-0.1, -0.05) is 70.2 Å². The van der Waals surface area contributed by atoms with Crippen LogP contribution in [0.25, 0.3) is 0 Å². The van der Waals surface area contributed by atoms with E-state index in [-0.39, 0.29) is 36.5 Å². The van der Waals surface area contributed by atoms with Crippen molar-refractivity contribution in [3.05, 3.63) is 71.3 Å². The van der Waals surface area contributed by atoms with Gasteiger partial charge in [-0.3, -0.25) is 19.3 Å². The van der Waals surface area contributed by atoms with E-state index in [1.54, 1.807) is 48.5 Å². The predicted molar refractivity (Wildman–Crippen MR) is 141 cm³/mol. The van der Waals surface area contributed by atoms with Gasteiger partial charge in [-0.25, -0.2) is 14.5 Å². The van der Waals surface area contributed by atoms with Crippen molar-refractivity contribution in [2.24, 2.45) is 11.3 Å². The molecule has 10 heteroatoms. The van der Waals surface area contributed by atoms with Crippen molar-refractivity contribution in [2.45, 2.75) is 65.0 Å². The van der Waals surface area contributed by atoms with E-state index in [9.17, 15) is 24.0 Å². The van der Waals surface area contributed by atoms with Crippen LogP contribution in [0.3, 0.4) is 0 Å². The van der Waals surface area contributed by atoms with Crippen molar-refractivity contribution in [3.63, 3.8) is 0 Å². The summed E-state index contributed by atoms with van der Waals surface area (Å²) >= 11 is 0. The second-order valence-corrected chi connectivity index (χ2v) is 11.5. The highest BCUT2D eigenvalue weighted by Gasteiger charge is 2.51. The number of hydrogen-bond acceptors (Lipinski definition) is 8. The molecule has 4 amide bonds. The molecule has 2 fully saturated rings. The maximum atomic E-state index is 14.2. The van der Waals surface area contributed by atoms with E-state index in [1.807, 2.05) is 33.8 Å². The van der Waals surface area contributed by atoms with Crippen molar-refractivity contribution in [1.29, 1.82) is 0 Å². The molecule has 0 aliphatic carbocycles. The van der Waals surface area contributed by atoms with Gasteiger partial charge < -0.3 is 14.2 Å². The molecular formula is C30H32N2O8. The van der Waals surface area contributed by atoms with E-state index >= 15 is 0 Å². The molecule has 4 atom stereocenters. The number of rotatable bonds is 7. The summed E-state index contributed by atoms with van der Waals surface area (Å²) in [4.78, 5) is 68.7. The molecule has 0 saturated carbocycles. The fraction of sp³-hybridized carbons (Fsp3) is 0.433. The predicted octanol–water partition coefficient (Wildman–Crippen LogP) is 4.10.